The number of halogens is 3. The number of rotatable bonds is 3. The van der Waals surface area contributed by atoms with E-state index in [4.69, 9.17) is 0 Å². The van der Waals surface area contributed by atoms with E-state index in [2.05, 4.69) is 37.2 Å². The van der Waals surface area contributed by atoms with Crippen molar-refractivity contribution in [3.8, 4) is 0 Å². The zero-order chi connectivity index (χ0) is 12.4. The van der Waals surface area contributed by atoms with Gasteiger partial charge in [0.05, 0.1) is 6.04 Å². The second kappa shape index (κ2) is 5.61. The van der Waals surface area contributed by atoms with Crippen LogP contribution in [-0.2, 0) is 0 Å². The molecule has 1 atom stereocenters. The van der Waals surface area contributed by atoms with Crippen LogP contribution in [0, 0.1) is 5.82 Å². The van der Waals surface area contributed by atoms with E-state index in [1.807, 2.05) is 18.5 Å². The van der Waals surface area contributed by atoms with Gasteiger partial charge in [-0.2, -0.15) is 0 Å². The second-order valence-electron chi connectivity index (χ2n) is 3.52. The maximum atomic E-state index is 13.1. The SMILES string of the molecule is CNC(c1ccc(F)cc1Br)c1sccc1Br. The Bertz CT molecular complexity index is 527. The van der Waals surface area contributed by atoms with Crippen molar-refractivity contribution in [2.45, 2.75) is 6.04 Å². The first-order chi connectivity index (χ1) is 8.13. The summed E-state index contributed by atoms with van der Waals surface area (Å²) in [6.07, 6.45) is 0. The predicted octanol–water partition coefficient (Wildman–Crippen LogP) is 4.72. The van der Waals surface area contributed by atoms with Gasteiger partial charge in [0.25, 0.3) is 0 Å². The molecule has 0 aliphatic carbocycles. The summed E-state index contributed by atoms with van der Waals surface area (Å²) in [6.45, 7) is 0. The van der Waals surface area contributed by atoms with E-state index < -0.39 is 0 Å². The lowest BCUT2D eigenvalue weighted by atomic mass is 10.1. The average molecular weight is 379 g/mol. The van der Waals surface area contributed by atoms with Crippen LogP contribution in [0.1, 0.15) is 16.5 Å². The topological polar surface area (TPSA) is 12.0 Å². The van der Waals surface area contributed by atoms with Crippen LogP contribution in [0.2, 0.25) is 0 Å². The zero-order valence-corrected chi connectivity index (χ0v) is 13.0. The summed E-state index contributed by atoms with van der Waals surface area (Å²) in [6, 6.07) is 6.83. The van der Waals surface area contributed by atoms with Crippen molar-refractivity contribution < 1.29 is 4.39 Å². The molecular formula is C12H10Br2FNS. The molecule has 0 bridgehead atoms. The normalized spacial score (nSPS) is 12.7. The first-order valence-corrected chi connectivity index (χ1v) is 7.45. The van der Waals surface area contributed by atoms with Gasteiger partial charge in [0, 0.05) is 13.8 Å². The predicted molar refractivity (Wildman–Crippen MR) is 77.0 cm³/mol. The summed E-state index contributed by atoms with van der Waals surface area (Å²) in [5, 5.41) is 5.28. The highest BCUT2D eigenvalue weighted by molar-refractivity contribution is 9.10. The molecule has 1 unspecified atom stereocenters. The van der Waals surface area contributed by atoms with Crippen molar-refractivity contribution in [2.75, 3.05) is 7.05 Å². The molecule has 1 aromatic heterocycles. The molecule has 1 heterocycles. The summed E-state index contributed by atoms with van der Waals surface area (Å²) < 4.78 is 14.9. The van der Waals surface area contributed by atoms with Gasteiger partial charge in [0.2, 0.25) is 0 Å². The van der Waals surface area contributed by atoms with Crippen molar-refractivity contribution in [1.29, 1.82) is 0 Å². The summed E-state index contributed by atoms with van der Waals surface area (Å²) >= 11 is 8.60. The van der Waals surface area contributed by atoms with Gasteiger partial charge < -0.3 is 5.32 Å². The summed E-state index contributed by atoms with van der Waals surface area (Å²) in [5.41, 5.74) is 1.03. The van der Waals surface area contributed by atoms with E-state index in [-0.39, 0.29) is 11.9 Å². The molecule has 0 radical (unpaired) electrons. The van der Waals surface area contributed by atoms with Gasteiger partial charge in [-0.1, -0.05) is 22.0 Å². The number of thiophene rings is 1. The summed E-state index contributed by atoms with van der Waals surface area (Å²) in [7, 11) is 1.90. The van der Waals surface area contributed by atoms with Crippen molar-refractivity contribution >= 4 is 43.2 Å². The molecule has 0 aliphatic heterocycles. The van der Waals surface area contributed by atoms with Crippen LogP contribution >= 0.6 is 43.2 Å². The number of benzene rings is 1. The first-order valence-electron chi connectivity index (χ1n) is 4.98. The molecule has 17 heavy (non-hydrogen) atoms. The van der Waals surface area contributed by atoms with E-state index in [1.54, 1.807) is 17.4 Å². The van der Waals surface area contributed by atoms with Crippen LogP contribution in [0.4, 0.5) is 4.39 Å². The van der Waals surface area contributed by atoms with Crippen LogP contribution in [0.25, 0.3) is 0 Å². The van der Waals surface area contributed by atoms with Crippen molar-refractivity contribution in [1.82, 2.24) is 5.32 Å². The highest BCUT2D eigenvalue weighted by atomic mass is 79.9. The lowest BCUT2D eigenvalue weighted by Crippen LogP contribution is -2.17. The molecule has 0 fully saturated rings. The highest BCUT2D eigenvalue weighted by Crippen LogP contribution is 2.35. The lowest BCUT2D eigenvalue weighted by Gasteiger charge is -2.17. The largest absolute Gasteiger partial charge is 0.309 e. The molecule has 0 amide bonds. The molecule has 1 nitrogen and oxygen atoms in total. The van der Waals surface area contributed by atoms with Gasteiger partial charge in [0.15, 0.2) is 0 Å². The van der Waals surface area contributed by atoms with Crippen LogP contribution in [0.15, 0.2) is 38.6 Å². The highest BCUT2D eigenvalue weighted by Gasteiger charge is 2.18. The molecule has 0 spiro atoms. The Morgan fingerprint density at radius 3 is 2.53 bits per heavy atom. The van der Waals surface area contributed by atoms with Gasteiger partial charge >= 0.3 is 0 Å². The molecule has 1 aromatic carbocycles. The van der Waals surface area contributed by atoms with Gasteiger partial charge in [-0.3, -0.25) is 0 Å². The fourth-order valence-corrected chi connectivity index (χ4v) is 3.98. The average Bonchev–Trinajstić information content (AvgIpc) is 2.69. The van der Waals surface area contributed by atoms with E-state index in [9.17, 15) is 4.39 Å². The minimum absolute atomic E-state index is 0.0550. The first kappa shape index (κ1) is 13.2. The Hall–Kier alpha value is -0.230. The van der Waals surface area contributed by atoms with Crippen molar-refractivity contribution in [3.05, 3.63) is 54.8 Å². The third kappa shape index (κ3) is 2.78. The summed E-state index contributed by atoms with van der Waals surface area (Å²) in [5.74, 6) is -0.235. The third-order valence-corrected chi connectivity index (χ3v) is 5.09. The smallest absolute Gasteiger partial charge is 0.124 e. The Kier molecular flexibility index (Phi) is 4.36. The fraction of sp³-hybridized carbons (Fsp3) is 0.167. The van der Waals surface area contributed by atoms with Crippen LogP contribution in [-0.4, -0.2) is 7.05 Å². The monoisotopic (exact) mass is 377 g/mol. The number of nitrogens with one attached hydrogen (secondary N) is 1. The minimum atomic E-state index is -0.235. The maximum absolute atomic E-state index is 13.1. The lowest BCUT2D eigenvalue weighted by molar-refractivity contribution is 0.622. The van der Waals surface area contributed by atoms with E-state index >= 15 is 0 Å². The number of hydrogen-bond donors (Lipinski definition) is 1. The molecule has 5 heteroatoms. The van der Waals surface area contributed by atoms with Crippen molar-refractivity contribution in [2.24, 2.45) is 0 Å². The summed E-state index contributed by atoms with van der Waals surface area (Å²) in [4.78, 5) is 1.18. The number of hydrogen-bond acceptors (Lipinski definition) is 2. The Morgan fingerprint density at radius 1 is 1.24 bits per heavy atom. The molecule has 90 valence electrons. The molecule has 1 N–H and O–H groups in total. The fourth-order valence-electron chi connectivity index (χ4n) is 1.67. The van der Waals surface area contributed by atoms with Crippen LogP contribution < -0.4 is 5.32 Å². The zero-order valence-electron chi connectivity index (χ0n) is 9.01. The molecule has 0 saturated heterocycles. The standard InChI is InChI=1S/C12H10Br2FNS/c1-16-11(12-9(13)4-5-17-12)8-3-2-7(15)6-10(8)14/h2-6,11,16H,1H3. The second-order valence-corrected chi connectivity index (χ2v) is 6.18. The van der Waals surface area contributed by atoms with Crippen molar-refractivity contribution in [3.63, 3.8) is 0 Å². The van der Waals surface area contributed by atoms with Gasteiger partial charge in [0.1, 0.15) is 5.82 Å². The van der Waals surface area contributed by atoms with Gasteiger partial charge in [-0.05, 0) is 52.1 Å². The van der Waals surface area contributed by atoms with Gasteiger partial charge in [-0.25, -0.2) is 4.39 Å². The quantitative estimate of drug-likeness (QED) is 0.814. The molecule has 0 saturated carbocycles. The van der Waals surface area contributed by atoms with Crippen LogP contribution in [0.5, 0.6) is 0 Å². The maximum Gasteiger partial charge on any atom is 0.124 e. The minimum Gasteiger partial charge on any atom is -0.309 e. The molecule has 2 aromatic rings. The van der Waals surface area contributed by atoms with Crippen LogP contribution in [0.3, 0.4) is 0 Å². The molecular weight excluding hydrogens is 369 g/mol. The van der Waals surface area contributed by atoms with E-state index in [1.165, 1.54) is 17.0 Å². The third-order valence-electron chi connectivity index (χ3n) is 2.47. The Labute approximate surface area is 120 Å². The van der Waals surface area contributed by atoms with Gasteiger partial charge in [-0.15, -0.1) is 11.3 Å². The molecule has 0 aliphatic rings. The van der Waals surface area contributed by atoms with E-state index in [0.29, 0.717) is 0 Å². The Balaban J connectivity index is 2.46. The Morgan fingerprint density at radius 2 is 2.00 bits per heavy atom. The molecule has 2 rings (SSSR count). The van der Waals surface area contributed by atoms with E-state index in [0.717, 1.165) is 14.5 Å².